The third-order valence-electron chi connectivity index (χ3n) is 4.51. The van der Waals surface area contributed by atoms with Gasteiger partial charge in [-0.1, -0.05) is 0 Å². The predicted octanol–water partition coefficient (Wildman–Crippen LogP) is 3.22. The molecule has 0 radical (unpaired) electrons. The molecule has 1 aliphatic rings. The van der Waals surface area contributed by atoms with Crippen LogP contribution in [0.1, 0.15) is 41.0 Å². The van der Waals surface area contributed by atoms with E-state index in [1.165, 1.54) is 6.07 Å². The Morgan fingerprint density at radius 3 is 2.76 bits per heavy atom. The van der Waals surface area contributed by atoms with Crippen LogP contribution in [-0.4, -0.2) is 31.7 Å². The Bertz CT molecular complexity index is 1090. The van der Waals surface area contributed by atoms with Crippen LogP contribution < -0.4 is 4.74 Å². The molecule has 1 amide bonds. The minimum absolute atomic E-state index is 0.101. The number of fused-ring (bicyclic) bond motifs is 1. The molecule has 4 rings (SSSR count). The average molecular weight is 391 g/mol. The maximum Gasteiger partial charge on any atom is 0.258 e. The summed E-state index contributed by atoms with van der Waals surface area (Å²) < 4.78 is 20.4. The average Bonchev–Trinajstić information content (AvgIpc) is 3.27. The molecule has 0 aliphatic carbocycles. The smallest absolute Gasteiger partial charge is 0.258 e. The van der Waals surface area contributed by atoms with Crippen molar-refractivity contribution in [3.63, 3.8) is 0 Å². The van der Waals surface area contributed by atoms with Gasteiger partial charge in [0.2, 0.25) is 0 Å². The topological polar surface area (TPSA) is 84.0 Å². The third kappa shape index (κ3) is 3.67. The number of aromatic nitrogens is 3. The Balaban J connectivity index is 1.57. The fourth-order valence-electron chi connectivity index (χ4n) is 3.21. The SMILES string of the molecule is CC(C)Oc1ccc(C#N)cc1C(=O)N1Cc2cn(-c3ccc(F)cn3)nc2C1. The summed E-state index contributed by atoms with van der Waals surface area (Å²) in [5.74, 6) is 0.327. The summed E-state index contributed by atoms with van der Waals surface area (Å²) in [5.41, 5.74) is 2.41. The van der Waals surface area contributed by atoms with Crippen molar-refractivity contribution >= 4 is 5.91 Å². The van der Waals surface area contributed by atoms with E-state index >= 15 is 0 Å². The lowest BCUT2D eigenvalue weighted by molar-refractivity contribution is 0.0743. The molecule has 1 aromatic carbocycles. The zero-order chi connectivity index (χ0) is 20.5. The summed E-state index contributed by atoms with van der Waals surface area (Å²) in [7, 11) is 0. The second kappa shape index (κ2) is 7.36. The summed E-state index contributed by atoms with van der Waals surface area (Å²) >= 11 is 0. The fourth-order valence-corrected chi connectivity index (χ4v) is 3.21. The molecule has 0 fully saturated rings. The van der Waals surface area contributed by atoms with E-state index in [4.69, 9.17) is 4.74 Å². The minimum Gasteiger partial charge on any atom is -0.490 e. The largest absolute Gasteiger partial charge is 0.490 e. The molecule has 8 heteroatoms. The summed E-state index contributed by atoms with van der Waals surface area (Å²) in [4.78, 5) is 18.8. The Hall–Kier alpha value is -3.73. The standard InChI is InChI=1S/C21H18FN5O2/c1-13(2)29-19-5-3-14(8-23)7-17(19)21(28)26-10-15-11-27(25-18(15)12-26)20-6-4-16(22)9-24-20/h3-7,9,11,13H,10,12H2,1-2H3. The van der Waals surface area contributed by atoms with E-state index in [0.29, 0.717) is 35.8 Å². The van der Waals surface area contributed by atoms with Gasteiger partial charge in [-0.25, -0.2) is 14.1 Å². The van der Waals surface area contributed by atoms with Crippen LogP contribution in [0.5, 0.6) is 5.75 Å². The van der Waals surface area contributed by atoms with Gasteiger partial charge < -0.3 is 9.64 Å². The number of halogens is 1. The molecule has 2 aromatic heterocycles. The van der Waals surface area contributed by atoms with Crippen molar-refractivity contribution in [2.75, 3.05) is 0 Å². The van der Waals surface area contributed by atoms with E-state index < -0.39 is 5.82 Å². The third-order valence-corrected chi connectivity index (χ3v) is 4.51. The first-order chi connectivity index (χ1) is 13.9. The van der Waals surface area contributed by atoms with Gasteiger partial charge in [0.15, 0.2) is 5.82 Å². The molecule has 0 atom stereocenters. The highest BCUT2D eigenvalue weighted by Crippen LogP contribution is 2.28. The lowest BCUT2D eigenvalue weighted by atomic mass is 10.1. The van der Waals surface area contributed by atoms with Gasteiger partial charge in [0.1, 0.15) is 11.6 Å². The lowest BCUT2D eigenvalue weighted by Gasteiger charge is -2.19. The number of rotatable bonds is 4. The number of amides is 1. The number of carbonyl (C=O) groups is 1. The van der Waals surface area contributed by atoms with Crippen molar-refractivity contribution in [3.8, 4) is 17.6 Å². The van der Waals surface area contributed by atoms with E-state index in [-0.39, 0.29) is 12.0 Å². The highest BCUT2D eigenvalue weighted by Gasteiger charge is 2.29. The van der Waals surface area contributed by atoms with Crippen molar-refractivity contribution < 1.29 is 13.9 Å². The van der Waals surface area contributed by atoms with Crippen LogP contribution >= 0.6 is 0 Å². The molecule has 3 heterocycles. The highest BCUT2D eigenvalue weighted by molar-refractivity contribution is 5.97. The quantitative estimate of drug-likeness (QED) is 0.682. The second-order valence-electron chi connectivity index (χ2n) is 7.03. The van der Waals surface area contributed by atoms with Crippen molar-refractivity contribution in [1.29, 1.82) is 5.26 Å². The maximum atomic E-state index is 13.1. The van der Waals surface area contributed by atoms with E-state index in [1.807, 2.05) is 13.8 Å². The minimum atomic E-state index is -0.413. The van der Waals surface area contributed by atoms with E-state index in [0.717, 1.165) is 17.5 Å². The molecule has 0 saturated carbocycles. The monoisotopic (exact) mass is 391 g/mol. The lowest BCUT2D eigenvalue weighted by Crippen LogP contribution is -2.27. The Labute approximate surface area is 167 Å². The first kappa shape index (κ1) is 18.6. The van der Waals surface area contributed by atoms with Crippen LogP contribution in [0.3, 0.4) is 0 Å². The molecule has 0 spiro atoms. The Morgan fingerprint density at radius 1 is 1.28 bits per heavy atom. The first-order valence-electron chi connectivity index (χ1n) is 9.14. The van der Waals surface area contributed by atoms with Crippen molar-refractivity contribution in [2.24, 2.45) is 0 Å². The molecular formula is C21H18FN5O2. The second-order valence-corrected chi connectivity index (χ2v) is 7.03. The number of nitriles is 1. The molecule has 7 nitrogen and oxygen atoms in total. The van der Waals surface area contributed by atoms with Gasteiger partial charge in [-0.05, 0) is 44.2 Å². The van der Waals surface area contributed by atoms with Crippen molar-refractivity contribution in [3.05, 3.63) is 70.9 Å². The highest BCUT2D eigenvalue weighted by atomic mass is 19.1. The zero-order valence-corrected chi connectivity index (χ0v) is 16.0. The van der Waals surface area contributed by atoms with Crippen molar-refractivity contribution in [1.82, 2.24) is 19.7 Å². The van der Waals surface area contributed by atoms with Crippen molar-refractivity contribution in [2.45, 2.75) is 33.0 Å². The number of pyridine rings is 1. The molecule has 29 heavy (non-hydrogen) atoms. The van der Waals surface area contributed by atoms with E-state index in [2.05, 4.69) is 16.2 Å². The summed E-state index contributed by atoms with van der Waals surface area (Å²) in [6.07, 6.45) is 2.83. The van der Waals surface area contributed by atoms with Gasteiger partial charge >= 0.3 is 0 Å². The van der Waals surface area contributed by atoms with Crippen LogP contribution in [0.2, 0.25) is 0 Å². The van der Waals surface area contributed by atoms with Crippen LogP contribution in [0, 0.1) is 17.1 Å². The van der Waals surface area contributed by atoms with Crippen LogP contribution in [0.4, 0.5) is 4.39 Å². The van der Waals surface area contributed by atoms with E-state index in [1.54, 1.807) is 40.0 Å². The van der Waals surface area contributed by atoms with Crippen LogP contribution in [0.25, 0.3) is 5.82 Å². The molecular weight excluding hydrogens is 373 g/mol. The Morgan fingerprint density at radius 2 is 2.10 bits per heavy atom. The Kier molecular flexibility index (Phi) is 4.72. The number of nitrogens with zero attached hydrogens (tertiary/aromatic N) is 5. The molecule has 0 bridgehead atoms. The number of hydrogen-bond acceptors (Lipinski definition) is 5. The van der Waals surface area contributed by atoms with Gasteiger partial charge in [0.25, 0.3) is 5.91 Å². The zero-order valence-electron chi connectivity index (χ0n) is 16.0. The molecule has 1 aliphatic heterocycles. The van der Waals surface area contributed by atoms with Gasteiger partial charge in [0.05, 0.1) is 41.7 Å². The molecule has 0 unspecified atom stereocenters. The molecule has 0 saturated heterocycles. The number of carbonyl (C=O) groups excluding carboxylic acids is 1. The fraction of sp³-hybridized carbons (Fsp3) is 0.238. The first-order valence-corrected chi connectivity index (χ1v) is 9.14. The van der Waals surface area contributed by atoms with Gasteiger partial charge in [0, 0.05) is 18.3 Å². The molecule has 3 aromatic rings. The molecule has 0 N–H and O–H groups in total. The summed E-state index contributed by atoms with van der Waals surface area (Å²) in [5, 5.41) is 13.7. The predicted molar refractivity (Wildman–Crippen MR) is 102 cm³/mol. The number of ether oxygens (including phenoxy) is 1. The van der Waals surface area contributed by atoms with E-state index in [9.17, 15) is 14.4 Å². The molecule has 146 valence electrons. The maximum absolute atomic E-state index is 13.1. The number of benzene rings is 1. The summed E-state index contributed by atoms with van der Waals surface area (Å²) in [6, 6.07) is 9.77. The normalized spacial score (nSPS) is 12.7. The van der Waals surface area contributed by atoms with Gasteiger partial charge in [-0.15, -0.1) is 0 Å². The van der Waals surface area contributed by atoms with Gasteiger partial charge in [-0.3, -0.25) is 4.79 Å². The van der Waals surface area contributed by atoms with Gasteiger partial charge in [-0.2, -0.15) is 10.4 Å². The van der Waals surface area contributed by atoms with Crippen LogP contribution in [-0.2, 0) is 13.1 Å². The number of hydrogen-bond donors (Lipinski definition) is 0. The van der Waals surface area contributed by atoms with Crippen LogP contribution in [0.15, 0.2) is 42.7 Å². The summed E-state index contributed by atoms with van der Waals surface area (Å²) in [6.45, 7) is 4.47.